The zero-order valence-corrected chi connectivity index (χ0v) is 16.0. The van der Waals surface area contributed by atoms with Crippen LogP contribution in [-0.4, -0.2) is 43.2 Å². The highest BCUT2D eigenvalue weighted by Gasteiger charge is 2.31. The first-order chi connectivity index (χ1) is 13.8. The van der Waals surface area contributed by atoms with E-state index in [-0.39, 0.29) is 6.04 Å². The standard InChI is InChI=1S/C22H24N6/c1-16-7-2-3-8-17(16)22-21-19(18-9-4-5-10-20(18)24-21)11-14-27(22)12-6-13-28-15-23-25-26-28/h2-5,7-10,15,22,24H,6,11-14H2,1H3/t22-/m1/s1. The highest BCUT2D eigenvalue weighted by molar-refractivity contribution is 5.85. The molecule has 0 bridgehead atoms. The first-order valence-corrected chi connectivity index (χ1v) is 9.91. The zero-order valence-electron chi connectivity index (χ0n) is 16.0. The summed E-state index contributed by atoms with van der Waals surface area (Å²) >= 11 is 0. The van der Waals surface area contributed by atoms with Gasteiger partial charge in [0, 0.05) is 36.2 Å². The number of nitrogens with one attached hydrogen (secondary N) is 1. The smallest absolute Gasteiger partial charge is 0.138 e. The summed E-state index contributed by atoms with van der Waals surface area (Å²) in [5, 5.41) is 12.8. The van der Waals surface area contributed by atoms with E-state index in [1.165, 1.54) is 33.3 Å². The molecule has 2 aromatic carbocycles. The Labute approximate surface area is 164 Å². The topological polar surface area (TPSA) is 62.6 Å². The third kappa shape index (κ3) is 2.99. The van der Waals surface area contributed by atoms with E-state index in [2.05, 4.69) is 80.9 Å². The van der Waals surface area contributed by atoms with Crippen LogP contribution < -0.4 is 0 Å². The maximum absolute atomic E-state index is 3.99. The van der Waals surface area contributed by atoms with Crippen LogP contribution in [0.5, 0.6) is 0 Å². The molecule has 1 aliphatic rings. The first kappa shape index (κ1) is 17.1. The third-order valence-electron chi connectivity index (χ3n) is 5.84. The van der Waals surface area contributed by atoms with Crippen LogP contribution in [0.4, 0.5) is 0 Å². The predicted octanol–water partition coefficient (Wildman–Crippen LogP) is 3.50. The Morgan fingerprint density at radius 3 is 2.79 bits per heavy atom. The number of nitrogens with zero attached hydrogens (tertiary/aromatic N) is 5. The van der Waals surface area contributed by atoms with Crippen LogP contribution in [0.2, 0.25) is 0 Å². The van der Waals surface area contributed by atoms with Crippen molar-refractivity contribution < 1.29 is 0 Å². The van der Waals surface area contributed by atoms with Crippen molar-refractivity contribution in [3.05, 3.63) is 77.2 Å². The number of rotatable bonds is 5. The number of benzene rings is 2. The minimum Gasteiger partial charge on any atom is -0.357 e. The van der Waals surface area contributed by atoms with Gasteiger partial charge in [-0.25, -0.2) is 4.68 Å². The summed E-state index contributed by atoms with van der Waals surface area (Å²) in [6, 6.07) is 17.7. The molecule has 0 saturated heterocycles. The van der Waals surface area contributed by atoms with Crippen LogP contribution in [-0.2, 0) is 13.0 Å². The summed E-state index contributed by atoms with van der Waals surface area (Å²) < 4.78 is 1.81. The molecule has 0 fully saturated rings. The molecule has 0 aliphatic carbocycles. The average Bonchev–Trinajstić information content (AvgIpc) is 3.36. The molecule has 0 spiro atoms. The maximum Gasteiger partial charge on any atom is 0.138 e. The molecule has 6 nitrogen and oxygen atoms in total. The van der Waals surface area contributed by atoms with Crippen LogP contribution in [0.15, 0.2) is 54.9 Å². The molecule has 142 valence electrons. The van der Waals surface area contributed by atoms with Crippen molar-refractivity contribution in [1.29, 1.82) is 0 Å². The van der Waals surface area contributed by atoms with E-state index in [0.29, 0.717) is 0 Å². The van der Waals surface area contributed by atoms with Gasteiger partial charge in [0.1, 0.15) is 6.33 Å². The van der Waals surface area contributed by atoms with E-state index >= 15 is 0 Å². The van der Waals surface area contributed by atoms with Crippen molar-refractivity contribution in [2.24, 2.45) is 0 Å². The normalized spacial score (nSPS) is 17.1. The molecular weight excluding hydrogens is 348 g/mol. The summed E-state index contributed by atoms with van der Waals surface area (Å²) in [5.74, 6) is 0. The third-order valence-corrected chi connectivity index (χ3v) is 5.84. The van der Waals surface area contributed by atoms with Gasteiger partial charge in [-0.3, -0.25) is 4.90 Å². The number of H-pyrrole nitrogens is 1. The second-order valence-electron chi connectivity index (χ2n) is 7.53. The van der Waals surface area contributed by atoms with Crippen molar-refractivity contribution in [3.8, 4) is 0 Å². The average molecular weight is 372 g/mol. The lowest BCUT2D eigenvalue weighted by atomic mass is 9.90. The second-order valence-corrected chi connectivity index (χ2v) is 7.53. The van der Waals surface area contributed by atoms with E-state index in [0.717, 1.165) is 32.5 Å². The van der Waals surface area contributed by atoms with Crippen molar-refractivity contribution in [3.63, 3.8) is 0 Å². The van der Waals surface area contributed by atoms with Gasteiger partial charge in [0.15, 0.2) is 0 Å². The summed E-state index contributed by atoms with van der Waals surface area (Å²) in [4.78, 5) is 6.35. The fraction of sp³-hybridized carbons (Fsp3) is 0.318. The first-order valence-electron chi connectivity index (χ1n) is 9.91. The zero-order chi connectivity index (χ0) is 18.9. The number of hydrogen-bond donors (Lipinski definition) is 1. The lowest BCUT2D eigenvalue weighted by Crippen LogP contribution is -2.37. The lowest BCUT2D eigenvalue weighted by Gasteiger charge is -2.37. The van der Waals surface area contributed by atoms with Crippen LogP contribution >= 0.6 is 0 Å². The largest absolute Gasteiger partial charge is 0.357 e. The van der Waals surface area contributed by atoms with E-state index < -0.39 is 0 Å². The summed E-state index contributed by atoms with van der Waals surface area (Å²) in [6.07, 6.45) is 3.78. The molecule has 1 N–H and O–H groups in total. The van der Waals surface area contributed by atoms with Gasteiger partial charge in [0.2, 0.25) is 0 Å². The molecule has 0 amide bonds. The minimum atomic E-state index is 0.256. The lowest BCUT2D eigenvalue weighted by molar-refractivity contribution is 0.203. The number of fused-ring (bicyclic) bond motifs is 3. The van der Waals surface area contributed by atoms with E-state index in [1.807, 2.05) is 0 Å². The number of aryl methyl sites for hydroxylation is 2. The highest BCUT2D eigenvalue weighted by Crippen LogP contribution is 2.39. The Hall–Kier alpha value is -2.99. The predicted molar refractivity (Wildman–Crippen MR) is 109 cm³/mol. The monoisotopic (exact) mass is 372 g/mol. The Bertz CT molecular complexity index is 1080. The van der Waals surface area contributed by atoms with Gasteiger partial charge in [0.05, 0.1) is 6.04 Å². The fourth-order valence-corrected chi connectivity index (χ4v) is 4.50. The summed E-state index contributed by atoms with van der Waals surface area (Å²) in [7, 11) is 0. The molecule has 0 radical (unpaired) electrons. The Kier molecular flexibility index (Phi) is 4.41. The summed E-state index contributed by atoms with van der Waals surface area (Å²) in [5.41, 5.74) is 6.79. The molecule has 4 aromatic rings. The fourth-order valence-electron chi connectivity index (χ4n) is 4.50. The van der Waals surface area contributed by atoms with Gasteiger partial charge >= 0.3 is 0 Å². The quantitative estimate of drug-likeness (QED) is 0.582. The Morgan fingerprint density at radius 1 is 1.07 bits per heavy atom. The van der Waals surface area contributed by atoms with Crippen molar-refractivity contribution >= 4 is 10.9 Å². The molecule has 0 unspecified atom stereocenters. The van der Waals surface area contributed by atoms with Crippen LogP contribution in [0.1, 0.15) is 34.8 Å². The highest BCUT2D eigenvalue weighted by atomic mass is 15.5. The SMILES string of the molecule is Cc1ccccc1[C@@H]1c2[nH]c3ccccc3c2CCN1CCCn1cnnn1. The molecule has 2 aromatic heterocycles. The number of hydrogen-bond acceptors (Lipinski definition) is 4. The van der Waals surface area contributed by atoms with Crippen molar-refractivity contribution in [2.75, 3.05) is 13.1 Å². The van der Waals surface area contributed by atoms with Gasteiger partial charge in [-0.15, -0.1) is 5.10 Å². The van der Waals surface area contributed by atoms with Gasteiger partial charge in [-0.2, -0.15) is 0 Å². The molecule has 28 heavy (non-hydrogen) atoms. The maximum atomic E-state index is 3.99. The van der Waals surface area contributed by atoms with E-state index in [4.69, 9.17) is 0 Å². The van der Waals surface area contributed by atoms with Crippen molar-refractivity contribution in [2.45, 2.75) is 32.4 Å². The number of tetrazole rings is 1. The molecule has 3 heterocycles. The van der Waals surface area contributed by atoms with Gasteiger partial charge in [-0.05, 0) is 52.9 Å². The molecule has 5 rings (SSSR count). The molecule has 1 aliphatic heterocycles. The number of aromatic nitrogens is 5. The van der Waals surface area contributed by atoms with Gasteiger partial charge in [-0.1, -0.05) is 42.5 Å². The van der Waals surface area contributed by atoms with Crippen LogP contribution in [0.3, 0.4) is 0 Å². The van der Waals surface area contributed by atoms with Gasteiger partial charge in [0.25, 0.3) is 0 Å². The Morgan fingerprint density at radius 2 is 1.93 bits per heavy atom. The minimum absolute atomic E-state index is 0.256. The molecule has 1 atom stereocenters. The van der Waals surface area contributed by atoms with Crippen molar-refractivity contribution in [1.82, 2.24) is 30.1 Å². The molecular formula is C22H24N6. The number of aromatic amines is 1. The second kappa shape index (κ2) is 7.20. The van der Waals surface area contributed by atoms with Crippen LogP contribution in [0.25, 0.3) is 10.9 Å². The summed E-state index contributed by atoms with van der Waals surface area (Å²) in [6.45, 7) is 5.12. The van der Waals surface area contributed by atoms with E-state index in [1.54, 1.807) is 11.0 Å². The van der Waals surface area contributed by atoms with E-state index in [9.17, 15) is 0 Å². The molecule has 6 heteroatoms. The Balaban J connectivity index is 1.51. The molecule has 0 saturated carbocycles. The van der Waals surface area contributed by atoms with Crippen LogP contribution in [0, 0.1) is 6.92 Å². The van der Waals surface area contributed by atoms with Gasteiger partial charge < -0.3 is 4.98 Å². The number of para-hydroxylation sites is 1.